The lowest BCUT2D eigenvalue weighted by atomic mass is 10.3. The van der Waals surface area contributed by atoms with Crippen LogP contribution in [-0.2, 0) is 6.61 Å². The van der Waals surface area contributed by atoms with Crippen molar-refractivity contribution in [3.63, 3.8) is 0 Å². The van der Waals surface area contributed by atoms with E-state index in [2.05, 4.69) is 25.0 Å². The van der Waals surface area contributed by atoms with Gasteiger partial charge in [0.1, 0.15) is 28.1 Å². The van der Waals surface area contributed by atoms with Crippen LogP contribution in [-0.4, -0.2) is 21.0 Å². The maximum atomic E-state index is 12.9. The molecule has 0 aliphatic rings. The average molecular weight is 362 g/mol. The Hall–Kier alpha value is -2.81. The normalized spacial score (nSPS) is 12.0. The highest BCUT2D eigenvalue weighted by molar-refractivity contribution is 7.13. The number of amides is 1. The summed E-state index contributed by atoms with van der Waals surface area (Å²) in [6.07, 6.45) is 1.21. The monoisotopic (exact) mass is 362 g/mol. The number of nitrogens with one attached hydrogen (secondary N) is 1. The molecule has 7 nitrogen and oxygen atoms in total. The molecule has 0 fully saturated rings. The van der Waals surface area contributed by atoms with Crippen LogP contribution in [0, 0.1) is 12.7 Å². The van der Waals surface area contributed by atoms with Gasteiger partial charge in [0.15, 0.2) is 5.82 Å². The molecule has 0 spiro atoms. The minimum atomic E-state index is -0.383. The molecule has 1 N–H and O–H groups in total. The van der Waals surface area contributed by atoms with Gasteiger partial charge in [-0.15, -0.1) is 11.3 Å². The Morgan fingerprint density at radius 3 is 2.84 bits per heavy atom. The average Bonchev–Trinajstić information content (AvgIpc) is 3.24. The fraction of sp³-hybridized carbons (Fsp3) is 0.250. The smallest absolute Gasteiger partial charge is 0.263 e. The standard InChI is InChI=1S/C16H15FN4O3S/c1-9-14(16(22)20-10(2)15-18-8-24-21-15)25-13(19-9)7-23-12-5-3-11(17)4-6-12/h3-6,8,10H,7H2,1-2H3,(H,20,22). The summed E-state index contributed by atoms with van der Waals surface area (Å²) >= 11 is 1.24. The molecule has 1 unspecified atom stereocenters. The summed E-state index contributed by atoms with van der Waals surface area (Å²) < 4.78 is 23.1. The number of thiazole rings is 1. The topological polar surface area (TPSA) is 90.1 Å². The van der Waals surface area contributed by atoms with Crippen LogP contribution in [0.15, 0.2) is 35.2 Å². The Balaban J connectivity index is 1.63. The number of aryl methyl sites for hydroxylation is 1. The number of hydrogen-bond donors (Lipinski definition) is 1. The molecule has 1 atom stereocenters. The van der Waals surface area contributed by atoms with Gasteiger partial charge in [0.25, 0.3) is 5.91 Å². The number of carbonyl (C=O) groups excluding carboxylic acids is 1. The predicted octanol–water partition coefficient (Wildman–Crippen LogP) is 3.04. The maximum Gasteiger partial charge on any atom is 0.263 e. The highest BCUT2D eigenvalue weighted by Gasteiger charge is 2.19. The van der Waals surface area contributed by atoms with Crippen LogP contribution < -0.4 is 10.1 Å². The van der Waals surface area contributed by atoms with Gasteiger partial charge in [-0.05, 0) is 38.1 Å². The van der Waals surface area contributed by atoms with Crippen molar-refractivity contribution in [2.75, 3.05) is 0 Å². The fourth-order valence-electron chi connectivity index (χ4n) is 2.10. The van der Waals surface area contributed by atoms with Gasteiger partial charge >= 0.3 is 0 Å². The molecule has 130 valence electrons. The van der Waals surface area contributed by atoms with Crippen LogP contribution in [0.5, 0.6) is 5.75 Å². The number of halogens is 1. The summed E-state index contributed by atoms with van der Waals surface area (Å²) in [7, 11) is 0. The van der Waals surface area contributed by atoms with Crippen LogP contribution >= 0.6 is 11.3 Å². The van der Waals surface area contributed by atoms with E-state index in [1.165, 1.54) is 42.0 Å². The number of benzene rings is 1. The van der Waals surface area contributed by atoms with E-state index < -0.39 is 0 Å². The van der Waals surface area contributed by atoms with E-state index in [1.54, 1.807) is 13.8 Å². The maximum absolute atomic E-state index is 12.9. The number of nitrogens with zero attached hydrogens (tertiary/aromatic N) is 3. The van der Waals surface area contributed by atoms with Gasteiger partial charge in [-0.1, -0.05) is 5.16 Å². The molecule has 9 heteroatoms. The number of hydrogen-bond acceptors (Lipinski definition) is 7. The van der Waals surface area contributed by atoms with Gasteiger partial charge in [-0.25, -0.2) is 9.37 Å². The number of carbonyl (C=O) groups is 1. The van der Waals surface area contributed by atoms with Gasteiger partial charge < -0.3 is 14.6 Å². The largest absolute Gasteiger partial charge is 0.486 e. The summed E-state index contributed by atoms with van der Waals surface area (Å²) in [4.78, 5) is 21.1. The van der Waals surface area contributed by atoms with Crippen LogP contribution in [0.25, 0.3) is 0 Å². The SMILES string of the molecule is Cc1nc(COc2ccc(F)cc2)sc1C(=O)NC(C)c1ncon1. The second-order valence-electron chi connectivity index (χ2n) is 5.25. The van der Waals surface area contributed by atoms with Crippen molar-refractivity contribution in [3.8, 4) is 5.75 Å². The van der Waals surface area contributed by atoms with E-state index in [1.807, 2.05) is 0 Å². The number of aromatic nitrogens is 3. The van der Waals surface area contributed by atoms with E-state index in [-0.39, 0.29) is 24.4 Å². The zero-order valence-corrected chi connectivity index (χ0v) is 14.3. The first kappa shape index (κ1) is 17.0. The van der Waals surface area contributed by atoms with Gasteiger partial charge in [0.2, 0.25) is 6.39 Å². The molecule has 0 radical (unpaired) electrons. The van der Waals surface area contributed by atoms with Gasteiger partial charge in [-0.2, -0.15) is 4.98 Å². The Morgan fingerprint density at radius 2 is 2.16 bits per heavy atom. The zero-order valence-electron chi connectivity index (χ0n) is 13.5. The minimum Gasteiger partial charge on any atom is -0.486 e. The second kappa shape index (κ2) is 7.39. The highest BCUT2D eigenvalue weighted by atomic mass is 32.1. The molecule has 0 saturated heterocycles. The van der Waals surface area contributed by atoms with Crippen molar-refractivity contribution in [3.05, 3.63) is 57.9 Å². The first-order valence-electron chi connectivity index (χ1n) is 7.44. The molecule has 1 amide bonds. The second-order valence-corrected chi connectivity index (χ2v) is 6.33. The van der Waals surface area contributed by atoms with Crippen molar-refractivity contribution in [1.29, 1.82) is 0 Å². The van der Waals surface area contributed by atoms with Crippen LogP contribution in [0.2, 0.25) is 0 Å². The van der Waals surface area contributed by atoms with Crippen molar-refractivity contribution >= 4 is 17.2 Å². The van der Waals surface area contributed by atoms with E-state index in [9.17, 15) is 9.18 Å². The molecule has 2 aromatic heterocycles. The van der Waals surface area contributed by atoms with Crippen LogP contribution in [0.3, 0.4) is 0 Å². The first-order chi connectivity index (χ1) is 12.0. The molecule has 0 bridgehead atoms. The molecular weight excluding hydrogens is 347 g/mol. The van der Waals surface area contributed by atoms with E-state index in [4.69, 9.17) is 4.74 Å². The van der Waals surface area contributed by atoms with Crippen LogP contribution in [0.1, 0.15) is 39.2 Å². The summed E-state index contributed by atoms with van der Waals surface area (Å²) in [6.45, 7) is 3.72. The lowest BCUT2D eigenvalue weighted by Crippen LogP contribution is -2.27. The lowest BCUT2D eigenvalue weighted by molar-refractivity contribution is 0.0941. The van der Waals surface area contributed by atoms with E-state index in [0.717, 1.165) is 0 Å². The molecule has 0 aliphatic heterocycles. The first-order valence-corrected chi connectivity index (χ1v) is 8.26. The summed E-state index contributed by atoms with van der Waals surface area (Å²) in [5.41, 5.74) is 0.612. The lowest BCUT2D eigenvalue weighted by Gasteiger charge is -2.08. The molecule has 1 aromatic carbocycles. The third kappa shape index (κ3) is 4.18. The Morgan fingerprint density at radius 1 is 1.40 bits per heavy atom. The molecule has 0 aliphatic carbocycles. The third-order valence-corrected chi connectivity index (χ3v) is 4.47. The Kier molecular flexibility index (Phi) is 5.03. The third-order valence-electron chi connectivity index (χ3n) is 3.34. The number of rotatable bonds is 6. The van der Waals surface area contributed by atoms with E-state index >= 15 is 0 Å². The summed E-state index contributed by atoms with van der Waals surface area (Å²) in [5.74, 6) is 0.342. The van der Waals surface area contributed by atoms with Crippen molar-refractivity contribution in [1.82, 2.24) is 20.4 Å². The number of ether oxygens (including phenoxy) is 1. The Labute approximate surface area is 146 Å². The van der Waals surface area contributed by atoms with Crippen molar-refractivity contribution in [2.24, 2.45) is 0 Å². The Bertz CT molecular complexity index is 849. The fourth-order valence-corrected chi connectivity index (χ4v) is 2.98. The molecule has 2 heterocycles. The summed E-state index contributed by atoms with van der Waals surface area (Å²) in [6, 6.07) is 5.33. The quantitative estimate of drug-likeness (QED) is 0.725. The van der Waals surface area contributed by atoms with Gasteiger partial charge in [0, 0.05) is 0 Å². The molecule has 0 saturated carbocycles. The van der Waals surface area contributed by atoms with Crippen molar-refractivity contribution in [2.45, 2.75) is 26.5 Å². The highest BCUT2D eigenvalue weighted by Crippen LogP contribution is 2.21. The van der Waals surface area contributed by atoms with Crippen LogP contribution in [0.4, 0.5) is 4.39 Å². The van der Waals surface area contributed by atoms with Gasteiger partial charge in [-0.3, -0.25) is 4.79 Å². The molecule has 25 heavy (non-hydrogen) atoms. The minimum absolute atomic E-state index is 0.199. The predicted molar refractivity (Wildman–Crippen MR) is 87.8 cm³/mol. The molecular formula is C16H15FN4O3S. The van der Waals surface area contributed by atoms with Crippen molar-refractivity contribution < 1.29 is 18.4 Å². The molecule has 3 aromatic rings. The zero-order chi connectivity index (χ0) is 17.8. The van der Waals surface area contributed by atoms with E-state index in [0.29, 0.717) is 27.2 Å². The molecule has 3 rings (SSSR count). The van der Waals surface area contributed by atoms with Gasteiger partial charge in [0.05, 0.1) is 11.7 Å². The summed E-state index contributed by atoms with van der Waals surface area (Å²) in [5, 5.41) is 7.15.